The fraction of sp³-hybridized carbons (Fsp3) is 0.846. The van der Waals surface area contributed by atoms with Gasteiger partial charge in [0.1, 0.15) is 0 Å². The van der Waals surface area contributed by atoms with E-state index in [4.69, 9.17) is 4.65 Å². The third kappa shape index (κ3) is 8.13. The zero-order chi connectivity index (χ0) is 35.0. The van der Waals surface area contributed by atoms with Gasteiger partial charge in [-0.25, -0.2) is 0 Å². The van der Waals surface area contributed by atoms with E-state index in [1.807, 2.05) is 0 Å². The molecule has 2 nitrogen and oxygen atoms in total. The molecule has 0 spiro atoms. The van der Waals surface area contributed by atoms with Crippen LogP contribution in [0.5, 0.6) is 0 Å². The first-order chi connectivity index (χ1) is 22.5. The Balaban J connectivity index is 1.09. The highest BCUT2D eigenvalue weighted by Crippen LogP contribution is 2.62. The smallest absolute Gasteiger partial charge is 0.426 e. The highest BCUT2D eigenvalue weighted by molar-refractivity contribution is 7.99. The monoisotopic (exact) mass is 698 g/mol. The minimum Gasteiger partial charge on any atom is -0.426 e. The van der Waals surface area contributed by atoms with Gasteiger partial charge in [0.25, 0.3) is 0 Å². The Morgan fingerprint density at radius 3 is 2.21 bits per heavy atom. The van der Waals surface area contributed by atoms with Crippen molar-refractivity contribution < 1.29 is 31.7 Å². The number of benzene rings is 1. The van der Waals surface area contributed by atoms with Crippen molar-refractivity contribution in [1.29, 1.82) is 0 Å². The fourth-order valence-electron chi connectivity index (χ4n) is 9.85. The van der Waals surface area contributed by atoms with Crippen LogP contribution in [-0.2, 0) is 11.1 Å². The van der Waals surface area contributed by atoms with Crippen LogP contribution in [0.25, 0.3) is 0 Å². The summed E-state index contributed by atoms with van der Waals surface area (Å²) in [5, 5.41) is 11.1. The third-order valence-corrected chi connectivity index (χ3v) is 14.7. The average molecular weight is 699 g/mol. The van der Waals surface area contributed by atoms with Gasteiger partial charge < -0.3 is 9.76 Å². The van der Waals surface area contributed by atoms with Crippen molar-refractivity contribution in [3.8, 4) is 0 Å². The summed E-state index contributed by atoms with van der Waals surface area (Å²) in [7, 11) is 0. The number of alkyl halides is 5. The molecule has 2 saturated carbocycles. The molecule has 3 fully saturated rings. The zero-order valence-corrected chi connectivity index (χ0v) is 30.9. The van der Waals surface area contributed by atoms with Gasteiger partial charge in [-0.2, -0.15) is 33.7 Å². The lowest BCUT2D eigenvalue weighted by Crippen LogP contribution is -2.47. The van der Waals surface area contributed by atoms with Crippen molar-refractivity contribution in [2.24, 2.45) is 28.6 Å². The van der Waals surface area contributed by atoms with E-state index in [1.54, 1.807) is 11.1 Å². The quantitative estimate of drug-likeness (QED) is 0.112. The predicted octanol–water partition coefficient (Wildman–Crippen LogP) is 11.0. The molecule has 1 aromatic rings. The van der Waals surface area contributed by atoms with Crippen LogP contribution >= 0.6 is 11.8 Å². The molecule has 1 aromatic carbocycles. The molecule has 9 heteroatoms. The van der Waals surface area contributed by atoms with Crippen LogP contribution in [0.15, 0.2) is 18.2 Å². The van der Waals surface area contributed by atoms with Gasteiger partial charge >= 0.3 is 19.0 Å². The summed E-state index contributed by atoms with van der Waals surface area (Å²) in [6.45, 7) is 11.6. The topological polar surface area (TPSA) is 29.5 Å². The molecular formula is C39H60BF5O2S. The molecule has 5 rings (SSSR count). The van der Waals surface area contributed by atoms with E-state index in [2.05, 4.69) is 52.8 Å². The van der Waals surface area contributed by atoms with E-state index >= 15 is 0 Å². The third-order valence-electron chi connectivity index (χ3n) is 13.6. The number of unbranched alkanes of at least 4 members (excludes halogenated alkanes) is 6. The molecule has 5 unspecified atom stereocenters. The molecule has 272 valence electrons. The number of hydrogen-bond acceptors (Lipinski definition) is 3. The van der Waals surface area contributed by atoms with Gasteiger partial charge in [0, 0.05) is 6.42 Å². The van der Waals surface area contributed by atoms with Gasteiger partial charge in [0.2, 0.25) is 0 Å². The lowest BCUT2D eigenvalue weighted by molar-refractivity contribution is -0.284. The minimum absolute atomic E-state index is 0.0537. The largest absolute Gasteiger partial charge is 0.453 e. The summed E-state index contributed by atoms with van der Waals surface area (Å²) in [6.07, 6.45) is 9.06. The zero-order valence-electron chi connectivity index (χ0n) is 30.1. The second kappa shape index (κ2) is 15.1. The molecule has 48 heavy (non-hydrogen) atoms. The number of aliphatic hydroxyl groups excluding tert-OH is 1. The second-order valence-electron chi connectivity index (χ2n) is 17.2. The van der Waals surface area contributed by atoms with Crippen LogP contribution in [0, 0.1) is 28.6 Å². The fourth-order valence-corrected chi connectivity index (χ4v) is 10.8. The van der Waals surface area contributed by atoms with Crippen molar-refractivity contribution in [3.05, 3.63) is 29.3 Å². The summed E-state index contributed by atoms with van der Waals surface area (Å²) < 4.78 is 69.5. The Hall–Kier alpha value is -0.795. The molecule has 4 aliphatic rings. The molecule has 1 N–H and O–H groups in total. The predicted molar refractivity (Wildman–Crippen MR) is 190 cm³/mol. The Bertz CT molecular complexity index is 1210. The lowest BCUT2D eigenvalue weighted by Gasteiger charge is -2.53. The van der Waals surface area contributed by atoms with Crippen LogP contribution < -0.4 is 5.46 Å². The number of aliphatic hydroxyl groups is 1. The van der Waals surface area contributed by atoms with E-state index in [-0.39, 0.29) is 35.9 Å². The number of thioether (sulfide) groups is 1. The summed E-state index contributed by atoms with van der Waals surface area (Å²) in [6, 6.07) is 7.29. The van der Waals surface area contributed by atoms with Crippen molar-refractivity contribution in [1.82, 2.24) is 0 Å². The van der Waals surface area contributed by atoms with Crippen LogP contribution in [0.2, 0.25) is 6.32 Å². The molecule has 3 aliphatic carbocycles. The van der Waals surface area contributed by atoms with Gasteiger partial charge in [-0.15, -0.1) is 0 Å². The maximum absolute atomic E-state index is 13.0. The van der Waals surface area contributed by atoms with E-state index in [0.29, 0.717) is 29.4 Å². The maximum Gasteiger partial charge on any atom is 0.453 e. The first kappa shape index (κ1) is 38.4. The van der Waals surface area contributed by atoms with E-state index < -0.39 is 18.5 Å². The van der Waals surface area contributed by atoms with Crippen molar-refractivity contribution in [2.75, 3.05) is 11.5 Å². The van der Waals surface area contributed by atoms with Gasteiger partial charge in [0.15, 0.2) is 0 Å². The normalized spacial score (nSPS) is 31.1. The minimum atomic E-state index is -5.44. The van der Waals surface area contributed by atoms with Crippen LogP contribution in [0.3, 0.4) is 0 Å². The Kier molecular flexibility index (Phi) is 12.1. The molecule has 0 radical (unpaired) electrons. The molecule has 0 amide bonds. The van der Waals surface area contributed by atoms with Crippen LogP contribution in [0.1, 0.15) is 142 Å². The summed E-state index contributed by atoms with van der Waals surface area (Å²) in [5.74, 6) is -0.909. The molecule has 0 aromatic heterocycles. The summed E-state index contributed by atoms with van der Waals surface area (Å²) in [4.78, 5) is 0. The summed E-state index contributed by atoms with van der Waals surface area (Å²) >= 11 is 1.49. The van der Waals surface area contributed by atoms with E-state index in [9.17, 15) is 27.1 Å². The maximum atomic E-state index is 13.0. The van der Waals surface area contributed by atoms with Crippen LogP contribution in [-0.4, -0.2) is 47.3 Å². The highest BCUT2D eigenvalue weighted by Gasteiger charge is 2.58. The Morgan fingerprint density at radius 1 is 0.875 bits per heavy atom. The number of fused-ring (bicyclic) bond motifs is 5. The second-order valence-corrected chi connectivity index (χ2v) is 18.5. The molecule has 1 saturated heterocycles. The Morgan fingerprint density at radius 2 is 1.54 bits per heavy atom. The Labute approximate surface area is 291 Å². The molecular weight excluding hydrogens is 638 g/mol. The molecule has 1 heterocycles. The number of rotatable bonds is 15. The van der Waals surface area contributed by atoms with Crippen LogP contribution in [0.4, 0.5) is 22.0 Å². The van der Waals surface area contributed by atoms with Crippen molar-refractivity contribution >= 4 is 24.1 Å². The molecule has 1 aliphatic heterocycles. The van der Waals surface area contributed by atoms with E-state index in [0.717, 1.165) is 57.0 Å². The van der Waals surface area contributed by atoms with Gasteiger partial charge in [-0.1, -0.05) is 77.5 Å². The summed E-state index contributed by atoms with van der Waals surface area (Å²) in [5.41, 5.74) is 4.47. The molecule has 0 bridgehead atoms. The number of halogens is 5. The first-order valence-corrected chi connectivity index (χ1v) is 20.1. The van der Waals surface area contributed by atoms with Crippen molar-refractivity contribution in [3.63, 3.8) is 0 Å². The first-order valence-electron chi connectivity index (χ1n) is 19.0. The van der Waals surface area contributed by atoms with Gasteiger partial charge in [0.05, 0.1) is 11.7 Å². The SMILES string of the molecule is CC12CCC3c4ccc(B5CC(C)(C)C(C)(C)O5)cc4C[C@@H](CCCCCCCCCSCCCC(F)(F)C(F)(F)F)C3C1CCC2O. The van der Waals surface area contributed by atoms with E-state index in [1.165, 1.54) is 55.7 Å². The number of hydrogen-bond donors (Lipinski definition) is 1. The highest BCUT2D eigenvalue weighted by atomic mass is 32.2. The molecule has 6 atom stereocenters. The average Bonchev–Trinajstić information content (AvgIpc) is 3.43. The van der Waals surface area contributed by atoms with Crippen molar-refractivity contribution in [2.45, 2.75) is 167 Å². The standard InChI is InChI=1S/C39H60BF5O2S/c1-35(2)26-40(47-36(35,3)4)29-15-16-30-28(25-29)24-27(34-31(30)19-21-37(5)32(34)17-18-33(37)46)14-11-9-7-6-8-10-12-22-48-23-13-20-38(41,42)39(43,44)45/h15-16,25,27,31-34,46H,6-14,17-24,26H2,1-5H3/t27-,31?,32?,33?,34?,37?/m1/s1. The van der Waals surface area contributed by atoms with Gasteiger partial charge in [-0.05, 0) is 134 Å². The van der Waals surface area contributed by atoms with Gasteiger partial charge in [-0.3, -0.25) is 0 Å². The lowest BCUT2D eigenvalue weighted by atomic mass is 9.50.